The van der Waals surface area contributed by atoms with E-state index in [0.29, 0.717) is 19.4 Å². The van der Waals surface area contributed by atoms with Crippen molar-refractivity contribution in [2.24, 2.45) is 0 Å². The van der Waals surface area contributed by atoms with Crippen molar-refractivity contribution in [3.8, 4) is 0 Å². The molecule has 6 nitrogen and oxygen atoms in total. The lowest BCUT2D eigenvalue weighted by molar-refractivity contribution is -0.143. The zero-order chi connectivity index (χ0) is 50.7. The van der Waals surface area contributed by atoms with Crippen LogP contribution in [0.4, 0.5) is 0 Å². The maximum absolute atomic E-state index is 12.4. The molecular weight excluding hydrogens is 863 g/mol. The van der Waals surface area contributed by atoms with Crippen molar-refractivity contribution in [3.05, 3.63) is 48.6 Å². The zero-order valence-electron chi connectivity index (χ0n) is 46.7. The van der Waals surface area contributed by atoms with Gasteiger partial charge in [-0.2, -0.15) is 0 Å². The van der Waals surface area contributed by atoms with Crippen molar-refractivity contribution in [3.63, 3.8) is 0 Å². The Morgan fingerprint density at radius 2 is 0.714 bits per heavy atom. The number of aliphatic hydroxyl groups is 2. The number of amides is 1. The van der Waals surface area contributed by atoms with Crippen LogP contribution in [0.5, 0.6) is 0 Å². The zero-order valence-corrected chi connectivity index (χ0v) is 46.7. The van der Waals surface area contributed by atoms with Gasteiger partial charge in [-0.1, -0.05) is 268 Å². The number of esters is 1. The van der Waals surface area contributed by atoms with Crippen LogP contribution >= 0.6 is 0 Å². The molecule has 2 unspecified atom stereocenters. The first-order valence-electron chi connectivity index (χ1n) is 30.9. The smallest absolute Gasteiger partial charge is 0.305 e. The molecule has 410 valence electrons. The van der Waals surface area contributed by atoms with Crippen molar-refractivity contribution >= 4 is 11.9 Å². The Balaban J connectivity index is 3.40. The van der Waals surface area contributed by atoms with Gasteiger partial charge in [0.25, 0.3) is 0 Å². The molecule has 0 aliphatic heterocycles. The number of aliphatic hydroxyl groups excluding tert-OH is 2. The van der Waals surface area contributed by atoms with Crippen LogP contribution in [0.25, 0.3) is 0 Å². The standard InChI is InChI=1S/C64H119NO5/c1-3-5-7-9-11-13-15-16-35-38-42-46-50-54-58-64(69)70-59-55-51-47-43-39-36-33-31-29-27-25-23-21-19-17-18-20-22-24-26-28-30-32-34-37-41-45-49-53-57-63(68)65-61(60-66)62(67)56-52-48-44-40-14-12-10-8-6-4-2/h15-17,19,23,25,52,56,61-62,66-67H,3-14,18,20-22,24,26-51,53-55,57-60H2,1-2H3,(H,65,68)/b16-15-,19-17-,25-23-,56-52+. The topological polar surface area (TPSA) is 95.9 Å². The van der Waals surface area contributed by atoms with Gasteiger partial charge in [0.05, 0.1) is 25.4 Å². The first-order chi connectivity index (χ1) is 34.5. The Morgan fingerprint density at radius 3 is 1.10 bits per heavy atom. The molecular formula is C64H119NO5. The van der Waals surface area contributed by atoms with E-state index in [1.165, 1.54) is 244 Å². The Hall–Kier alpha value is -2.18. The van der Waals surface area contributed by atoms with E-state index in [1.54, 1.807) is 6.08 Å². The molecule has 0 heterocycles. The third-order valence-corrected chi connectivity index (χ3v) is 14.1. The molecule has 0 aliphatic carbocycles. The molecule has 3 N–H and O–H groups in total. The molecule has 2 atom stereocenters. The summed E-state index contributed by atoms with van der Waals surface area (Å²) in [5.41, 5.74) is 0. The predicted molar refractivity (Wildman–Crippen MR) is 306 cm³/mol. The van der Waals surface area contributed by atoms with Crippen molar-refractivity contribution in [2.45, 2.75) is 334 Å². The largest absolute Gasteiger partial charge is 0.466 e. The second kappa shape index (κ2) is 59.4. The fourth-order valence-corrected chi connectivity index (χ4v) is 9.31. The molecule has 0 aromatic rings. The third kappa shape index (κ3) is 55.1. The maximum Gasteiger partial charge on any atom is 0.305 e. The molecule has 70 heavy (non-hydrogen) atoms. The van der Waals surface area contributed by atoms with Crippen LogP contribution in [-0.4, -0.2) is 47.4 Å². The Labute approximate surface area is 436 Å². The van der Waals surface area contributed by atoms with Gasteiger partial charge in [-0.05, 0) is 89.9 Å². The Bertz CT molecular complexity index is 1180. The molecule has 0 radical (unpaired) electrons. The van der Waals surface area contributed by atoms with Crippen LogP contribution < -0.4 is 5.32 Å². The number of carbonyl (C=O) groups is 2. The van der Waals surface area contributed by atoms with E-state index in [1.807, 2.05) is 6.08 Å². The summed E-state index contributed by atoms with van der Waals surface area (Å²) in [4.78, 5) is 24.4. The number of ether oxygens (including phenoxy) is 1. The number of nitrogens with one attached hydrogen (secondary N) is 1. The van der Waals surface area contributed by atoms with Crippen molar-refractivity contribution in [2.75, 3.05) is 13.2 Å². The van der Waals surface area contributed by atoms with Crippen LogP contribution in [0.2, 0.25) is 0 Å². The van der Waals surface area contributed by atoms with Crippen molar-refractivity contribution in [1.29, 1.82) is 0 Å². The van der Waals surface area contributed by atoms with Gasteiger partial charge in [0.2, 0.25) is 5.91 Å². The number of hydrogen-bond acceptors (Lipinski definition) is 5. The number of allylic oxidation sites excluding steroid dienone is 7. The normalized spacial score (nSPS) is 12.9. The van der Waals surface area contributed by atoms with E-state index in [9.17, 15) is 19.8 Å². The predicted octanol–water partition coefficient (Wildman–Crippen LogP) is 19.4. The number of hydrogen-bond donors (Lipinski definition) is 3. The SMILES string of the molecule is CCCCCCC/C=C\CCCCCCCC(=O)OCCCCCCCCCCC/C=C\C/C=C\CCCCCCCCCCCCCCCC(=O)NC(CO)C(O)/C=C/CCCCCCCCCC. The highest BCUT2D eigenvalue weighted by Gasteiger charge is 2.18. The van der Waals surface area contributed by atoms with Crippen LogP contribution in [0, 0.1) is 0 Å². The third-order valence-electron chi connectivity index (χ3n) is 14.1. The fraction of sp³-hybridized carbons (Fsp3) is 0.844. The maximum atomic E-state index is 12.4. The van der Waals surface area contributed by atoms with Gasteiger partial charge in [0, 0.05) is 12.8 Å². The molecule has 0 bridgehead atoms. The summed E-state index contributed by atoms with van der Waals surface area (Å²) >= 11 is 0. The first-order valence-corrected chi connectivity index (χ1v) is 30.9. The monoisotopic (exact) mass is 982 g/mol. The molecule has 1 amide bonds. The minimum Gasteiger partial charge on any atom is -0.466 e. The molecule has 0 saturated carbocycles. The minimum atomic E-state index is -0.844. The average Bonchev–Trinajstić information content (AvgIpc) is 3.36. The number of unbranched alkanes of at least 4 members (excludes halogenated alkanes) is 40. The molecule has 0 aromatic carbocycles. The lowest BCUT2D eigenvalue weighted by Gasteiger charge is -2.20. The highest BCUT2D eigenvalue weighted by molar-refractivity contribution is 5.76. The minimum absolute atomic E-state index is 0.00265. The summed E-state index contributed by atoms with van der Waals surface area (Å²) in [6, 6.07) is -0.627. The van der Waals surface area contributed by atoms with E-state index >= 15 is 0 Å². The number of rotatable bonds is 57. The van der Waals surface area contributed by atoms with Crippen LogP contribution in [-0.2, 0) is 14.3 Å². The van der Waals surface area contributed by atoms with Gasteiger partial charge in [-0.15, -0.1) is 0 Å². The summed E-state index contributed by atoms with van der Waals surface area (Å²) in [5, 5.41) is 23.0. The first kappa shape index (κ1) is 67.8. The fourth-order valence-electron chi connectivity index (χ4n) is 9.31. The molecule has 6 heteroatoms. The summed E-state index contributed by atoms with van der Waals surface area (Å²) < 4.78 is 5.47. The molecule has 0 saturated heterocycles. The van der Waals surface area contributed by atoms with Gasteiger partial charge in [-0.25, -0.2) is 0 Å². The Kier molecular flexibility index (Phi) is 57.5. The molecule has 0 rings (SSSR count). The molecule has 0 fully saturated rings. The van der Waals surface area contributed by atoms with Crippen LogP contribution in [0.1, 0.15) is 322 Å². The lowest BCUT2D eigenvalue weighted by atomic mass is 10.0. The van der Waals surface area contributed by atoms with E-state index in [2.05, 4.69) is 55.6 Å². The highest BCUT2D eigenvalue weighted by atomic mass is 16.5. The van der Waals surface area contributed by atoms with Gasteiger partial charge in [0.15, 0.2) is 0 Å². The van der Waals surface area contributed by atoms with Crippen LogP contribution in [0.15, 0.2) is 48.6 Å². The average molecular weight is 983 g/mol. The highest BCUT2D eigenvalue weighted by Crippen LogP contribution is 2.16. The van der Waals surface area contributed by atoms with Crippen molar-refractivity contribution in [1.82, 2.24) is 5.32 Å². The summed E-state index contributed by atoms with van der Waals surface area (Å²) in [5.74, 6) is -0.0683. The summed E-state index contributed by atoms with van der Waals surface area (Å²) in [6.45, 7) is 4.87. The molecule has 0 aromatic heterocycles. The lowest BCUT2D eigenvalue weighted by Crippen LogP contribution is -2.45. The van der Waals surface area contributed by atoms with Crippen molar-refractivity contribution < 1.29 is 24.5 Å². The number of carbonyl (C=O) groups excluding carboxylic acids is 2. The second-order valence-electron chi connectivity index (χ2n) is 21.0. The van der Waals surface area contributed by atoms with Gasteiger partial charge in [-0.3, -0.25) is 9.59 Å². The quantitative estimate of drug-likeness (QED) is 0.0321. The summed E-state index contributed by atoms with van der Waals surface area (Å²) in [7, 11) is 0. The van der Waals surface area contributed by atoms with Gasteiger partial charge >= 0.3 is 5.97 Å². The van der Waals surface area contributed by atoms with E-state index < -0.39 is 12.1 Å². The summed E-state index contributed by atoms with van der Waals surface area (Å²) in [6.07, 6.45) is 75.9. The van der Waals surface area contributed by atoms with Gasteiger partial charge in [0.1, 0.15) is 0 Å². The second-order valence-corrected chi connectivity index (χ2v) is 21.0. The Morgan fingerprint density at radius 1 is 0.400 bits per heavy atom. The van der Waals surface area contributed by atoms with E-state index in [4.69, 9.17) is 4.74 Å². The van der Waals surface area contributed by atoms with E-state index in [0.717, 1.165) is 51.4 Å². The van der Waals surface area contributed by atoms with E-state index in [-0.39, 0.29) is 18.5 Å². The van der Waals surface area contributed by atoms with Gasteiger partial charge < -0.3 is 20.3 Å². The molecule has 0 aliphatic rings. The molecule has 0 spiro atoms. The van der Waals surface area contributed by atoms with Crippen LogP contribution in [0.3, 0.4) is 0 Å².